The van der Waals surface area contributed by atoms with Gasteiger partial charge in [-0.1, -0.05) is 12.1 Å². The third-order valence-corrected chi connectivity index (χ3v) is 4.18. The smallest absolute Gasteiger partial charge is 0.336 e. The van der Waals surface area contributed by atoms with Gasteiger partial charge in [0.1, 0.15) is 5.82 Å². The Labute approximate surface area is 167 Å². The molecule has 28 heavy (non-hydrogen) atoms. The molecular formula is C20H20ClFN4O2. The minimum absolute atomic E-state index is 0.0974. The van der Waals surface area contributed by atoms with Crippen molar-refractivity contribution in [2.75, 3.05) is 17.8 Å². The third-order valence-electron chi connectivity index (χ3n) is 3.91. The maximum atomic E-state index is 14.3. The highest BCUT2D eigenvalue weighted by Crippen LogP contribution is 2.26. The maximum Gasteiger partial charge on any atom is 0.336 e. The van der Waals surface area contributed by atoms with E-state index in [0.717, 1.165) is 0 Å². The van der Waals surface area contributed by atoms with Crippen LogP contribution in [0.5, 0.6) is 6.01 Å². The molecule has 3 aromatic rings. The van der Waals surface area contributed by atoms with Crippen LogP contribution in [-0.2, 0) is 4.79 Å². The number of nitrogens with zero attached hydrogens (tertiary/aromatic N) is 3. The van der Waals surface area contributed by atoms with Crippen LogP contribution in [0.1, 0.15) is 19.8 Å². The maximum absolute atomic E-state index is 14.3. The summed E-state index contributed by atoms with van der Waals surface area (Å²) in [7, 11) is 0. The fraction of sp³-hybridized carbons (Fsp3) is 0.250. The molecule has 0 atom stereocenters. The van der Waals surface area contributed by atoms with Crippen LogP contribution in [0.25, 0.3) is 17.1 Å². The zero-order valence-corrected chi connectivity index (χ0v) is 16.1. The van der Waals surface area contributed by atoms with Gasteiger partial charge >= 0.3 is 6.01 Å². The number of benzene rings is 2. The van der Waals surface area contributed by atoms with E-state index in [1.165, 1.54) is 10.7 Å². The van der Waals surface area contributed by atoms with E-state index in [4.69, 9.17) is 16.3 Å². The lowest BCUT2D eigenvalue weighted by Gasteiger charge is -2.08. The lowest BCUT2D eigenvalue weighted by atomic mass is 10.2. The molecule has 1 N–H and O–H groups in total. The first-order valence-electron chi connectivity index (χ1n) is 8.93. The van der Waals surface area contributed by atoms with Gasteiger partial charge in [0.2, 0.25) is 5.91 Å². The van der Waals surface area contributed by atoms with Crippen molar-refractivity contribution < 1.29 is 13.9 Å². The van der Waals surface area contributed by atoms with Gasteiger partial charge in [-0.2, -0.15) is 4.98 Å². The summed E-state index contributed by atoms with van der Waals surface area (Å²) in [6.45, 7) is 2.22. The van der Waals surface area contributed by atoms with E-state index in [-0.39, 0.29) is 11.9 Å². The molecule has 1 amide bonds. The van der Waals surface area contributed by atoms with E-state index in [0.29, 0.717) is 48.1 Å². The summed E-state index contributed by atoms with van der Waals surface area (Å²) >= 11 is 5.61. The fourth-order valence-electron chi connectivity index (χ4n) is 2.62. The van der Waals surface area contributed by atoms with E-state index < -0.39 is 5.82 Å². The van der Waals surface area contributed by atoms with Gasteiger partial charge in [-0.05, 0) is 49.7 Å². The summed E-state index contributed by atoms with van der Waals surface area (Å²) in [5, 5.41) is 7.14. The first kappa shape index (κ1) is 19.8. The Morgan fingerprint density at radius 3 is 2.64 bits per heavy atom. The minimum Gasteiger partial charge on any atom is -0.463 e. The topological polar surface area (TPSA) is 69.0 Å². The van der Waals surface area contributed by atoms with Crippen molar-refractivity contribution in [1.82, 2.24) is 14.8 Å². The molecule has 0 radical (unpaired) electrons. The molecule has 2 aromatic carbocycles. The van der Waals surface area contributed by atoms with E-state index in [9.17, 15) is 9.18 Å². The van der Waals surface area contributed by atoms with Gasteiger partial charge in [0.05, 0.1) is 17.9 Å². The van der Waals surface area contributed by atoms with Crippen LogP contribution in [0.15, 0.2) is 48.5 Å². The highest BCUT2D eigenvalue weighted by molar-refractivity contribution is 6.18. The molecule has 0 saturated carbocycles. The van der Waals surface area contributed by atoms with Crippen molar-refractivity contribution in [2.24, 2.45) is 0 Å². The van der Waals surface area contributed by atoms with Gasteiger partial charge < -0.3 is 10.1 Å². The monoisotopic (exact) mass is 402 g/mol. The van der Waals surface area contributed by atoms with Crippen LogP contribution in [0, 0.1) is 5.82 Å². The van der Waals surface area contributed by atoms with Crippen LogP contribution >= 0.6 is 11.6 Å². The molecule has 0 aliphatic heterocycles. The van der Waals surface area contributed by atoms with Crippen LogP contribution in [-0.4, -0.2) is 33.2 Å². The molecule has 0 saturated heterocycles. The van der Waals surface area contributed by atoms with E-state index in [1.54, 1.807) is 42.5 Å². The van der Waals surface area contributed by atoms with Crippen LogP contribution in [0.4, 0.5) is 10.1 Å². The zero-order valence-electron chi connectivity index (χ0n) is 15.4. The predicted molar refractivity (Wildman–Crippen MR) is 107 cm³/mol. The van der Waals surface area contributed by atoms with Gasteiger partial charge in [0.25, 0.3) is 0 Å². The standard InChI is InChI=1S/C20H20ClFN4O2/c1-2-28-20-24-19(16-6-3-4-7-17(16)22)26(25-20)15-11-9-14(10-12-15)23-18(27)8-5-13-21/h3-4,6-7,9-12H,2,5,8,13H2,1H3,(H,23,27). The molecule has 6 nitrogen and oxygen atoms in total. The molecular weight excluding hydrogens is 383 g/mol. The number of ether oxygens (including phenoxy) is 1. The Kier molecular flexibility index (Phi) is 6.60. The first-order chi connectivity index (χ1) is 13.6. The second-order valence-electron chi connectivity index (χ2n) is 5.93. The fourth-order valence-corrected chi connectivity index (χ4v) is 2.75. The molecule has 0 aliphatic rings. The lowest BCUT2D eigenvalue weighted by Crippen LogP contribution is -2.11. The van der Waals surface area contributed by atoms with Crippen molar-refractivity contribution in [3.63, 3.8) is 0 Å². The molecule has 146 valence electrons. The van der Waals surface area contributed by atoms with Crippen LogP contribution in [0.2, 0.25) is 0 Å². The summed E-state index contributed by atoms with van der Waals surface area (Å²) in [5.74, 6) is 0.280. The Bertz CT molecular complexity index is 944. The van der Waals surface area contributed by atoms with Crippen molar-refractivity contribution in [3.05, 3.63) is 54.3 Å². The SMILES string of the molecule is CCOc1nc(-c2ccccc2F)n(-c2ccc(NC(=O)CCCCl)cc2)n1. The number of nitrogens with one attached hydrogen (secondary N) is 1. The van der Waals surface area contributed by atoms with Crippen molar-refractivity contribution >= 4 is 23.2 Å². The molecule has 1 aromatic heterocycles. The number of halogens is 2. The number of hydrogen-bond acceptors (Lipinski definition) is 4. The highest BCUT2D eigenvalue weighted by atomic mass is 35.5. The quantitative estimate of drug-likeness (QED) is 0.566. The summed E-state index contributed by atoms with van der Waals surface area (Å²) in [6, 6.07) is 13.6. The lowest BCUT2D eigenvalue weighted by molar-refractivity contribution is -0.116. The van der Waals surface area contributed by atoms with Crippen molar-refractivity contribution in [1.29, 1.82) is 0 Å². The second-order valence-corrected chi connectivity index (χ2v) is 6.31. The van der Waals surface area contributed by atoms with E-state index in [2.05, 4.69) is 15.4 Å². The van der Waals surface area contributed by atoms with Gasteiger partial charge in [0.15, 0.2) is 5.82 Å². The second kappa shape index (κ2) is 9.32. The zero-order chi connectivity index (χ0) is 19.9. The summed E-state index contributed by atoms with van der Waals surface area (Å²) in [5.41, 5.74) is 1.63. The summed E-state index contributed by atoms with van der Waals surface area (Å²) in [6.07, 6.45) is 0.986. The van der Waals surface area contributed by atoms with E-state index >= 15 is 0 Å². The normalized spacial score (nSPS) is 10.7. The van der Waals surface area contributed by atoms with Crippen molar-refractivity contribution in [2.45, 2.75) is 19.8 Å². The minimum atomic E-state index is -0.401. The number of aromatic nitrogens is 3. The van der Waals surface area contributed by atoms with Crippen LogP contribution < -0.4 is 10.1 Å². The number of amides is 1. The third kappa shape index (κ3) is 4.67. The molecule has 1 heterocycles. The molecule has 0 fully saturated rings. The van der Waals surface area contributed by atoms with Gasteiger partial charge in [-0.15, -0.1) is 16.7 Å². The number of alkyl halides is 1. The summed E-state index contributed by atoms with van der Waals surface area (Å²) in [4.78, 5) is 16.1. The van der Waals surface area contributed by atoms with E-state index in [1.807, 2.05) is 6.92 Å². The van der Waals surface area contributed by atoms with Gasteiger partial charge in [-0.25, -0.2) is 9.07 Å². The molecule has 3 rings (SSSR count). The molecule has 0 bridgehead atoms. The molecule has 0 unspecified atom stereocenters. The first-order valence-corrected chi connectivity index (χ1v) is 9.47. The molecule has 0 spiro atoms. The number of carbonyl (C=O) groups is 1. The number of rotatable bonds is 8. The highest BCUT2D eigenvalue weighted by Gasteiger charge is 2.17. The summed E-state index contributed by atoms with van der Waals surface area (Å²) < 4.78 is 21.2. The predicted octanol–water partition coefficient (Wildman–Crippen LogP) is 4.43. The Balaban J connectivity index is 1.90. The number of carbonyl (C=O) groups excluding carboxylic acids is 1. The Morgan fingerprint density at radius 1 is 1.21 bits per heavy atom. The molecule has 8 heteroatoms. The Hall–Kier alpha value is -2.93. The average Bonchev–Trinajstić information content (AvgIpc) is 3.11. The largest absolute Gasteiger partial charge is 0.463 e. The average molecular weight is 403 g/mol. The van der Waals surface area contributed by atoms with Crippen LogP contribution in [0.3, 0.4) is 0 Å². The van der Waals surface area contributed by atoms with Gasteiger partial charge in [0, 0.05) is 18.0 Å². The van der Waals surface area contributed by atoms with Gasteiger partial charge in [-0.3, -0.25) is 4.79 Å². The number of hydrogen-bond donors (Lipinski definition) is 1. The number of anilines is 1. The molecule has 0 aliphatic carbocycles. The Morgan fingerprint density at radius 2 is 1.96 bits per heavy atom. The van der Waals surface area contributed by atoms with Crippen molar-refractivity contribution in [3.8, 4) is 23.1 Å².